The molecule has 43 heavy (non-hydrogen) atoms. The first-order valence-electron chi connectivity index (χ1n) is 15.2. The second-order valence-corrected chi connectivity index (χ2v) is 12.5. The van der Waals surface area contributed by atoms with Crippen molar-refractivity contribution in [1.29, 1.82) is 0 Å². The van der Waals surface area contributed by atoms with Gasteiger partial charge in [-0.1, -0.05) is 78.9 Å². The van der Waals surface area contributed by atoms with Crippen molar-refractivity contribution in [1.82, 2.24) is 9.97 Å². The van der Waals surface area contributed by atoms with Crippen LogP contribution in [0, 0.1) is 0 Å². The molecule has 5 aromatic rings. The summed E-state index contributed by atoms with van der Waals surface area (Å²) in [5.74, 6) is 0. The number of benzene rings is 3. The van der Waals surface area contributed by atoms with Gasteiger partial charge in [-0.05, 0) is 105 Å². The summed E-state index contributed by atoms with van der Waals surface area (Å²) < 4.78 is 12.9. The lowest BCUT2D eigenvalue weighted by Gasteiger charge is -2.32. The van der Waals surface area contributed by atoms with Crippen LogP contribution in [0.2, 0.25) is 0 Å². The Bertz CT molecular complexity index is 1530. The van der Waals surface area contributed by atoms with E-state index in [1.54, 1.807) is 0 Å². The molecule has 0 radical (unpaired) electrons. The van der Waals surface area contributed by atoms with Crippen molar-refractivity contribution < 1.29 is 9.31 Å². The predicted octanol–water partition coefficient (Wildman–Crippen LogP) is 7.68. The quantitative estimate of drug-likeness (QED) is 0.172. The lowest BCUT2D eigenvalue weighted by molar-refractivity contribution is 0.00578. The zero-order chi connectivity index (χ0) is 29.9. The first kappa shape index (κ1) is 29.0. The molecule has 0 aliphatic carbocycles. The highest BCUT2D eigenvalue weighted by Gasteiger charge is 2.51. The topological polar surface area (TPSA) is 44.2 Å². The first-order chi connectivity index (χ1) is 20.8. The largest absolute Gasteiger partial charge is 0.494 e. The fourth-order valence-corrected chi connectivity index (χ4v) is 5.52. The van der Waals surface area contributed by atoms with Crippen LogP contribution in [0.4, 0.5) is 0 Å². The Hall–Kier alpha value is -4.06. The Morgan fingerprint density at radius 2 is 0.930 bits per heavy atom. The number of rotatable bonds is 9. The van der Waals surface area contributed by atoms with Crippen LogP contribution in [0.15, 0.2) is 116 Å². The summed E-state index contributed by atoms with van der Waals surface area (Å²) >= 11 is 0. The first-order valence-corrected chi connectivity index (χ1v) is 15.2. The average Bonchev–Trinajstić information content (AvgIpc) is 3.26. The minimum Gasteiger partial charge on any atom is -0.399 e. The molecule has 2 aromatic heterocycles. The van der Waals surface area contributed by atoms with Gasteiger partial charge in [0, 0.05) is 23.5 Å². The van der Waals surface area contributed by atoms with Crippen LogP contribution >= 0.6 is 0 Å². The monoisotopic (exact) mass is 566 g/mol. The molecule has 0 unspecified atom stereocenters. The molecule has 0 N–H and O–H groups in total. The molecule has 0 bridgehead atoms. The van der Waals surface area contributed by atoms with Crippen molar-refractivity contribution in [3.05, 3.63) is 138 Å². The molecule has 6 rings (SSSR count). The third kappa shape index (κ3) is 6.79. The van der Waals surface area contributed by atoms with E-state index in [0.717, 1.165) is 53.7 Å². The van der Waals surface area contributed by atoms with E-state index in [-0.39, 0.29) is 18.3 Å². The smallest absolute Gasteiger partial charge is 0.399 e. The molecular weight excluding hydrogens is 527 g/mol. The number of pyridine rings is 2. The fraction of sp³-hybridized carbons (Fsp3) is 0.263. The summed E-state index contributed by atoms with van der Waals surface area (Å²) in [5, 5.41) is 0. The molecule has 1 aliphatic rings. The zero-order valence-electron chi connectivity index (χ0n) is 25.6. The van der Waals surface area contributed by atoms with Crippen LogP contribution in [0.5, 0.6) is 0 Å². The maximum Gasteiger partial charge on any atom is 0.494 e. The molecule has 1 aliphatic heterocycles. The SMILES string of the molecule is CC1(C)OB(c2cc(CCc3ccc(-c4ccccn4)cc3)cc(CCc3ccc(-c4ccccn4)cc3)c2)OC1(C)C. The Kier molecular flexibility index (Phi) is 8.29. The lowest BCUT2D eigenvalue weighted by Crippen LogP contribution is -2.41. The number of hydrogen-bond donors (Lipinski definition) is 0. The second kappa shape index (κ2) is 12.3. The molecule has 0 amide bonds. The Morgan fingerprint density at radius 3 is 1.33 bits per heavy atom. The van der Waals surface area contributed by atoms with E-state index in [2.05, 4.69) is 104 Å². The van der Waals surface area contributed by atoms with Gasteiger partial charge in [0.25, 0.3) is 0 Å². The molecule has 1 saturated heterocycles. The van der Waals surface area contributed by atoms with Crippen molar-refractivity contribution in [2.45, 2.75) is 64.6 Å². The molecule has 1 fully saturated rings. The Labute approximate surface area is 256 Å². The van der Waals surface area contributed by atoms with E-state index >= 15 is 0 Å². The van der Waals surface area contributed by atoms with Gasteiger partial charge in [0.15, 0.2) is 0 Å². The van der Waals surface area contributed by atoms with Gasteiger partial charge in [-0.25, -0.2) is 0 Å². The highest BCUT2D eigenvalue weighted by molar-refractivity contribution is 6.62. The number of aryl methyl sites for hydroxylation is 4. The van der Waals surface area contributed by atoms with E-state index in [1.165, 1.54) is 22.3 Å². The highest BCUT2D eigenvalue weighted by Crippen LogP contribution is 2.36. The molecule has 0 spiro atoms. The molecule has 5 heteroatoms. The predicted molar refractivity (Wildman–Crippen MR) is 176 cm³/mol. The maximum atomic E-state index is 6.46. The molecule has 4 nitrogen and oxygen atoms in total. The van der Waals surface area contributed by atoms with E-state index in [9.17, 15) is 0 Å². The minimum absolute atomic E-state index is 0.376. The second-order valence-electron chi connectivity index (χ2n) is 12.5. The molecule has 216 valence electrons. The van der Waals surface area contributed by atoms with E-state index in [4.69, 9.17) is 9.31 Å². The summed E-state index contributed by atoms with van der Waals surface area (Å²) in [6, 6.07) is 36.5. The van der Waals surface area contributed by atoms with Crippen molar-refractivity contribution in [3.63, 3.8) is 0 Å². The highest BCUT2D eigenvalue weighted by atomic mass is 16.7. The van der Waals surface area contributed by atoms with Crippen molar-refractivity contribution >= 4 is 12.6 Å². The molecule has 3 heterocycles. The molecule has 0 atom stereocenters. The van der Waals surface area contributed by atoms with Gasteiger partial charge >= 0.3 is 7.12 Å². The van der Waals surface area contributed by atoms with E-state index in [0.29, 0.717) is 0 Å². The summed E-state index contributed by atoms with van der Waals surface area (Å²) in [5.41, 5.74) is 9.87. The van der Waals surface area contributed by atoms with E-state index in [1.807, 2.05) is 48.8 Å². The Morgan fingerprint density at radius 1 is 0.512 bits per heavy atom. The third-order valence-corrected chi connectivity index (χ3v) is 8.83. The van der Waals surface area contributed by atoms with Gasteiger partial charge in [0.1, 0.15) is 0 Å². The average molecular weight is 567 g/mol. The standard InChI is InChI=1S/C38H39BN2O2/c1-37(2)38(3,4)43-39(42-37)34-26-30(13-11-28-15-19-32(20-16-28)35-9-5-7-23-40-35)25-31(27-34)14-12-29-17-21-33(22-18-29)36-10-6-8-24-41-36/h5-10,15-27H,11-14H2,1-4H3. The molecular formula is C38H39BN2O2. The maximum absolute atomic E-state index is 6.46. The van der Waals surface area contributed by atoms with Crippen LogP contribution < -0.4 is 5.46 Å². The Balaban J connectivity index is 1.19. The minimum atomic E-state index is -0.376. The number of nitrogens with zero attached hydrogens (tertiary/aromatic N) is 2. The van der Waals surface area contributed by atoms with Crippen molar-refractivity contribution in [2.24, 2.45) is 0 Å². The molecule has 3 aromatic carbocycles. The van der Waals surface area contributed by atoms with Gasteiger partial charge in [0.2, 0.25) is 0 Å². The lowest BCUT2D eigenvalue weighted by atomic mass is 9.76. The number of aromatic nitrogens is 2. The summed E-state index contributed by atoms with van der Waals surface area (Å²) in [7, 11) is -0.376. The normalized spacial score (nSPS) is 15.5. The summed E-state index contributed by atoms with van der Waals surface area (Å²) in [6.45, 7) is 8.45. The third-order valence-electron chi connectivity index (χ3n) is 8.83. The van der Waals surface area contributed by atoms with Crippen molar-refractivity contribution in [3.8, 4) is 22.5 Å². The van der Waals surface area contributed by atoms with Gasteiger partial charge in [-0.3, -0.25) is 9.97 Å². The van der Waals surface area contributed by atoms with Gasteiger partial charge in [-0.15, -0.1) is 0 Å². The summed E-state index contributed by atoms with van der Waals surface area (Å²) in [6.07, 6.45) is 7.49. The van der Waals surface area contributed by atoms with Gasteiger partial charge in [0.05, 0.1) is 22.6 Å². The summed E-state index contributed by atoms with van der Waals surface area (Å²) in [4.78, 5) is 8.96. The van der Waals surface area contributed by atoms with E-state index < -0.39 is 0 Å². The van der Waals surface area contributed by atoms with Crippen LogP contribution in [0.1, 0.15) is 49.9 Å². The van der Waals surface area contributed by atoms with Gasteiger partial charge < -0.3 is 9.31 Å². The van der Waals surface area contributed by atoms with Crippen molar-refractivity contribution in [2.75, 3.05) is 0 Å². The fourth-order valence-electron chi connectivity index (χ4n) is 5.52. The van der Waals surface area contributed by atoms with Gasteiger partial charge in [-0.2, -0.15) is 0 Å². The van der Waals surface area contributed by atoms with Crippen LogP contribution in [-0.2, 0) is 35.0 Å². The van der Waals surface area contributed by atoms with Crippen LogP contribution in [0.25, 0.3) is 22.5 Å². The van der Waals surface area contributed by atoms with Crippen LogP contribution in [-0.4, -0.2) is 28.3 Å². The number of hydrogen-bond acceptors (Lipinski definition) is 4. The zero-order valence-corrected chi connectivity index (χ0v) is 25.6. The molecule has 0 saturated carbocycles. The van der Waals surface area contributed by atoms with Crippen LogP contribution in [0.3, 0.4) is 0 Å².